The van der Waals surface area contributed by atoms with Crippen LogP contribution in [0.4, 0.5) is 0 Å². The second-order valence-corrected chi connectivity index (χ2v) is 9.03. The zero-order valence-electron chi connectivity index (χ0n) is 17.9. The largest absolute Gasteiger partial charge is 0.353 e. The number of H-pyrrole nitrogens is 1. The van der Waals surface area contributed by atoms with Crippen LogP contribution in [0.25, 0.3) is 76.0 Å². The van der Waals surface area contributed by atoms with Gasteiger partial charge in [0.05, 0.1) is 11.0 Å². The van der Waals surface area contributed by atoms with Gasteiger partial charge in [0, 0.05) is 21.7 Å². The first-order valence-electron chi connectivity index (χ1n) is 11.5. The van der Waals surface area contributed by atoms with Gasteiger partial charge in [0.15, 0.2) is 0 Å². The first kappa shape index (κ1) is 17.2. The third kappa shape index (κ3) is 2.21. The molecule has 0 spiro atoms. The molecule has 7 aromatic carbocycles. The van der Waals surface area contributed by atoms with Crippen molar-refractivity contribution >= 4 is 64.9 Å². The van der Waals surface area contributed by atoms with Crippen molar-refractivity contribution in [2.75, 3.05) is 0 Å². The van der Waals surface area contributed by atoms with Gasteiger partial charge < -0.3 is 4.98 Å². The van der Waals surface area contributed by atoms with Crippen LogP contribution in [-0.2, 0) is 0 Å². The minimum absolute atomic E-state index is 1.21. The van der Waals surface area contributed by atoms with E-state index in [4.69, 9.17) is 0 Å². The zero-order chi connectivity index (χ0) is 21.5. The van der Waals surface area contributed by atoms with Gasteiger partial charge in [-0.2, -0.15) is 0 Å². The molecule has 0 unspecified atom stereocenters. The highest BCUT2D eigenvalue weighted by Crippen LogP contribution is 2.42. The molecule has 0 aliphatic heterocycles. The Hall–Kier alpha value is -4.36. The molecule has 1 heterocycles. The Morgan fingerprint density at radius 1 is 0.333 bits per heavy atom. The number of fused-ring (bicyclic) bond motifs is 5. The van der Waals surface area contributed by atoms with Gasteiger partial charge in [-0.3, -0.25) is 0 Å². The summed E-state index contributed by atoms with van der Waals surface area (Å²) < 4.78 is 0. The van der Waals surface area contributed by atoms with Crippen molar-refractivity contribution in [3.63, 3.8) is 0 Å². The Morgan fingerprint density at radius 2 is 0.939 bits per heavy atom. The lowest BCUT2D eigenvalue weighted by Gasteiger charge is -2.14. The lowest BCUT2D eigenvalue weighted by Crippen LogP contribution is -1.88. The number of aromatic nitrogens is 1. The highest BCUT2D eigenvalue weighted by molar-refractivity contribution is 6.27. The maximum atomic E-state index is 3.82. The Bertz CT molecular complexity index is 2010. The average molecular weight is 418 g/mol. The van der Waals surface area contributed by atoms with Crippen LogP contribution >= 0.6 is 0 Å². The van der Waals surface area contributed by atoms with Crippen molar-refractivity contribution in [3.05, 3.63) is 109 Å². The molecule has 152 valence electrons. The third-order valence-electron chi connectivity index (χ3n) is 7.35. The van der Waals surface area contributed by atoms with Gasteiger partial charge in [0.25, 0.3) is 0 Å². The fourth-order valence-electron chi connectivity index (χ4n) is 5.86. The van der Waals surface area contributed by atoms with E-state index in [1.165, 1.54) is 76.0 Å². The molecule has 0 aliphatic carbocycles. The quantitative estimate of drug-likeness (QED) is 0.256. The van der Waals surface area contributed by atoms with E-state index in [1.807, 2.05) is 0 Å². The van der Waals surface area contributed by atoms with Gasteiger partial charge in [0.1, 0.15) is 0 Å². The maximum absolute atomic E-state index is 3.82. The van der Waals surface area contributed by atoms with E-state index in [0.717, 1.165) is 0 Å². The average Bonchev–Trinajstić information content (AvgIpc) is 3.27. The van der Waals surface area contributed by atoms with E-state index in [0.29, 0.717) is 0 Å². The summed E-state index contributed by atoms with van der Waals surface area (Å²) in [6, 6.07) is 40.0. The number of hydrogen-bond donors (Lipinski definition) is 1. The lowest BCUT2D eigenvalue weighted by atomic mass is 9.89. The molecule has 8 aromatic rings. The molecule has 0 saturated heterocycles. The third-order valence-corrected chi connectivity index (χ3v) is 7.35. The van der Waals surface area contributed by atoms with Gasteiger partial charge in [-0.15, -0.1) is 0 Å². The lowest BCUT2D eigenvalue weighted by molar-refractivity contribution is 1.56. The molecule has 1 heteroatoms. The van der Waals surface area contributed by atoms with Gasteiger partial charge in [-0.1, -0.05) is 109 Å². The van der Waals surface area contributed by atoms with Gasteiger partial charge >= 0.3 is 0 Å². The van der Waals surface area contributed by atoms with Crippen LogP contribution in [0.5, 0.6) is 0 Å². The molecule has 1 N–H and O–H groups in total. The number of aromatic amines is 1. The van der Waals surface area contributed by atoms with Crippen LogP contribution in [0.2, 0.25) is 0 Å². The molecule has 1 nitrogen and oxygen atoms in total. The molecule has 0 atom stereocenters. The Labute approximate surface area is 190 Å². The molecule has 0 aliphatic rings. The van der Waals surface area contributed by atoms with Crippen molar-refractivity contribution < 1.29 is 0 Å². The molecule has 8 rings (SSSR count). The molecular weight excluding hydrogens is 398 g/mol. The standard InChI is InChI=1S/C32H19N/c1-2-8-23-19(5-1)13-18-28-27-10-4-9-26(32(27)33-31(23)28)24-16-14-22-12-11-20-6-3-7-21-15-17-25(24)30(22)29(20)21/h1-18,33H. The van der Waals surface area contributed by atoms with E-state index in [9.17, 15) is 0 Å². The van der Waals surface area contributed by atoms with Crippen LogP contribution in [-0.4, -0.2) is 4.98 Å². The van der Waals surface area contributed by atoms with E-state index in [2.05, 4.69) is 114 Å². The van der Waals surface area contributed by atoms with Crippen LogP contribution in [0.1, 0.15) is 0 Å². The summed E-state index contributed by atoms with van der Waals surface area (Å²) >= 11 is 0. The van der Waals surface area contributed by atoms with Gasteiger partial charge in [-0.25, -0.2) is 0 Å². The highest BCUT2D eigenvalue weighted by Gasteiger charge is 2.16. The highest BCUT2D eigenvalue weighted by atomic mass is 14.7. The topological polar surface area (TPSA) is 15.8 Å². The zero-order valence-corrected chi connectivity index (χ0v) is 17.9. The van der Waals surface area contributed by atoms with Gasteiger partial charge in [-0.05, 0) is 43.3 Å². The first-order valence-corrected chi connectivity index (χ1v) is 11.5. The number of benzene rings is 7. The molecule has 0 amide bonds. The first-order chi connectivity index (χ1) is 16.4. The molecule has 0 bridgehead atoms. The summed E-state index contributed by atoms with van der Waals surface area (Å²) in [5, 5.41) is 13.0. The van der Waals surface area contributed by atoms with Crippen LogP contribution < -0.4 is 0 Å². The van der Waals surface area contributed by atoms with Gasteiger partial charge in [0.2, 0.25) is 0 Å². The fraction of sp³-hybridized carbons (Fsp3) is 0. The van der Waals surface area contributed by atoms with Crippen LogP contribution in [0.15, 0.2) is 109 Å². The predicted octanol–water partition coefficient (Wildman–Crippen LogP) is 9.04. The van der Waals surface area contributed by atoms with Crippen molar-refractivity contribution in [1.82, 2.24) is 4.98 Å². The molecule has 0 fully saturated rings. The van der Waals surface area contributed by atoms with Crippen molar-refractivity contribution in [3.8, 4) is 11.1 Å². The second-order valence-electron chi connectivity index (χ2n) is 9.03. The maximum Gasteiger partial charge on any atom is 0.0544 e. The van der Waals surface area contributed by atoms with E-state index in [1.54, 1.807) is 0 Å². The number of para-hydroxylation sites is 1. The Balaban J connectivity index is 1.52. The van der Waals surface area contributed by atoms with E-state index in [-0.39, 0.29) is 0 Å². The van der Waals surface area contributed by atoms with E-state index < -0.39 is 0 Å². The van der Waals surface area contributed by atoms with Crippen molar-refractivity contribution in [2.45, 2.75) is 0 Å². The molecule has 0 radical (unpaired) electrons. The smallest absolute Gasteiger partial charge is 0.0544 e. The summed E-state index contributed by atoms with van der Waals surface area (Å²) in [7, 11) is 0. The number of nitrogens with one attached hydrogen (secondary N) is 1. The number of hydrogen-bond acceptors (Lipinski definition) is 0. The Kier molecular flexibility index (Phi) is 3.19. The van der Waals surface area contributed by atoms with Crippen LogP contribution in [0.3, 0.4) is 0 Å². The number of rotatable bonds is 1. The minimum atomic E-state index is 1.21. The summed E-state index contributed by atoms with van der Waals surface area (Å²) in [6.45, 7) is 0. The Morgan fingerprint density at radius 3 is 1.85 bits per heavy atom. The monoisotopic (exact) mass is 417 g/mol. The minimum Gasteiger partial charge on any atom is -0.353 e. The van der Waals surface area contributed by atoms with Crippen molar-refractivity contribution in [1.29, 1.82) is 0 Å². The fourth-order valence-corrected chi connectivity index (χ4v) is 5.86. The molecular formula is C32H19N. The predicted molar refractivity (Wildman–Crippen MR) is 142 cm³/mol. The second kappa shape index (κ2) is 6.11. The molecule has 1 aromatic heterocycles. The summed E-state index contributed by atoms with van der Waals surface area (Å²) in [6.07, 6.45) is 0. The SMILES string of the molecule is c1ccc2c(c1)ccc1c3cccc(-c4ccc5ccc6cccc7ccc4c5c67)c3[nH]c21. The molecule has 33 heavy (non-hydrogen) atoms. The van der Waals surface area contributed by atoms with Crippen LogP contribution in [0, 0.1) is 0 Å². The summed E-state index contributed by atoms with van der Waals surface area (Å²) in [5.41, 5.74) is 4.96. The normalized spacial score (nSPS) is 12.2. The summed E-state index contributed by atoms with van der Waals surface area (Å²) in [4.78, 5) is 3.82. The molecule has 0 saturated carbocycles. The van der Waals surface area contributed by atoms with E-state index >= 15 is 0 Å². The van der Waals surface area contributed by atoms with Crippen molar-refractivity contribution in [2.24, 2.45) is 0 Å². The summed E-state index contributed by atoms with van der Waals surface area (Å²) in [5.74, 6) is 0.